The third-order valence-electron chi connectivity index (χ3n) is 4.61. The SMILES string of the molecule is COc1cc(/C=C2\C(=O)NC(=S)N(c3ccc(C)cc3C)C2=O)cc(Br)c1OC(C)C. The van der Waals surface area contributed by atoms with Crippen molar-refractivity contribution in [3.8, 4) is 11.5 Å². The zero-order valence-electron chi connectivity index (χ0n) is 17.9. The molecule has 0 aromatic heterocycles. The van der Waals surface area contributed by atoms with Crippen LogP contribution in [0.2, 0.25) is 0 Å². The Morgan fingerprint density at radius 3 is 2.48 bits per heavy atom. The molecule has 2 aromatic rings. The Hall–Kier alpha value is -2.71. The maximum Gasteiger partial charge on any atom is 0.270 e. The molecule has 1 aliphatic heterocycles. The van der Waals surface area contributed by atoms with Crippen LogP contribution in [-0.2, 0) is 9.59 Å². The lowest BCUT2D eigenvalue weighted by Gasteiger charge is -2.30. The number of benzene rings is 2. The molecule has 2 amide bonds. The van der Waals surface area contributed by atoms with Crippen molar-refractivity contribution in [3.63, 3.8) is 0 Å². The maximum atomic E-state index is 13.3. The van der Waals surface area contributed by atoms with Crippen LogP contribution in [0.1, 0.15) is 30.5 Å². The van der Waals surface area contributed by atoms with Crippen molar-refractivity contribution < 1.29 is 19.1 Å². The van der Waals surface area contributed by atoms with Gasteiger partial charge in [0.1, 0.15) is 5.57 Å². The van der Waals surface area contributed by atoms with Gasteiger partial charge < -0.3 is 9.47 Å². The number of carbonyl (C=O) groups is 2. The summed E-state index contributed by atoms with van der Waals surface area (Å²) in [7, 11) is 1.53. The number of hydrogen-bond donors (Lipinski definition) is 1. The molecule has 0 aliphatic carbocycles. The Balaban J connectivity index is 2.05. The van der Waals surface area contributed by atoms with Crippen LogP contribution in [0.25, 0.3) is 6.08 Å². The first-order valence-electron chi connectivity index (χ1n) is 9.65. The number of anilines is 1. The predicted molar refractivity (Wildman–Crippen MR) is 129 cm³/mol. The second-order valence-electron chi connectivity index (χ2n) is 7.45. The molecule has 1 fully saturated rings. The molecule has 1 heterocycles. The lowest BCUT2D eigenvalue weighted by Crippen LogP contribution is -2.54. The molecule has 1 N–H and O–H groups in total. The number of rotatable bonds is 5. The number of aryl methyl sites for hydroxylation is 2. The number of ether oxygens (including phenoxy) is 2. The molecule has 31 heavy (non-hydrogen) atoms. The lowest BCUT2D eigenvalue weighted by molar-refractivity contribution is -0.122. The number of nitrogens with one attached hydrogen (secondary N) is 1. The van der Waals surface area contributed by atoms with Gasteiger partial charge in [-0.05, 0) is 91.2 Å². The fourth-order valence-corrected chi connectivity index (χ4v) is 4.10. The monoisotopic (exact) mass is 502 g/mol. The van der Waals surface area contributed by atoms with Crippen molar-refractivity contribution in [2.24, 2.45) is 0 Å². The molecule has 6 nitrogen and oxygen atoms in total. The number of hydrogen-bond acceptors (Lipinski definition) is 5. The van der Waals surface area contributed by atoms with Crippen molar-refractivity contribution in [1.29, 1.82) is 0 Å². The molecule has 1 aliphatic rings. The van der Waals surface area contributed by atoms with Crippen LogP contribution in [-0.4, -0.2) is 30.1 Å². The van der Waals surface area contributed by atoms with Crippen molar-refractivity contribution in [2.75, 3.05) is 12.0 Å². The van der Waals surface area contributed by atoms with Crippen LogP contribution >= 0.6 is 28.1 Å². The summed E-state index contributed by atoms with van der Waals surface area (Å²) in [5, 5.41) is 2.67. The van der Waals surface area contributed by atoms with E-state index in [0.717, 1.165) is 11.1 Å². The molecule has 8 heteroatoms. The van der Waals surface area contributed by atoms with E-state index in [9.17, 15) is 9.59 Å². The second-order valence-corrected chi connectivity index (χ2v) is 8.69. The molecular weight excluding hydrogens is 480 g/mol. The van der Waals surface area contributed by atoms with E-state index in [1.807, 2.05) is 45.9 Å². The van der Waals surface area contributed by atoms with Gasteiger partial charge in [0.05, 0.1) is 23.4 Å². The molecule has 3 rings (SSSR count). The van der Waals surface area contributed by atoms with E-state index in [0.29, 0.717) is 27.2 Å². The minimum Gasteiger partial charge on any atom is -0.493 e. The smallest absolute Gasteiger partial charge is 0.270 e. The third kappa shape index (κ3) is 4.80. The fraction of sp³-hybridized carbons (Fsp3) is 0.261. The Bertz CT molecular complexity index is 1110. The van der Waals surface area contributed by atoms with Crippen LogP contribution in [0.4, 0.5) is 5.69 Å². The normalized spacial score (nSPS) is 15.5. The van der Waals surface area contributed by atoms with Gasteiger partial charge in [-0.25, -0.2) is 0 Å². The average molecular weight is 503 g/mol. The fourth-order valence-electron chi connectivity index (χ4n) is 3.27. The predicted octanol–water partition coefficient (Wildman–Crippen LogP) is 4.69. The summed E-state index contributed by atoms with van der Waals surface area (Å²) in [5.74, 6) is 0.00409. The second kappa shape index (κ2) is 9.20. The van der Waals surface area contributed by atoms with Gasteiger partial charge in [-0.1, -0.05) is 17.7 Å². The van der Waals surface area contributed by atoms with Crippen molar-refractivity contribution >= 4 is 56.8 Å². The molecule has 0 atom stereocenters. The van der Waals surface area contributed by atoms with Gasteiger partial charge in [-0.3, -0.25) is 19.8 Å². The van der Waals surface area contributed by atoms with Gasteiger partial charge >= 0.3 is 0 Å². The van der Waals surface area contributed by atoms with Gasteiger partial charge in [0.25, 0.3) is 11.8 Å². The largest absolute Gasteiger partial charge is 0.493 e. The summed E-state index contributed by atoms with van der Waals surface area (Å²) in [6.45, 7) is 7.69. The number of halogens is 1. The summed E-state index contributed by atoms with van der Waals surface area (Å²) in [6, 6.07) is 9.15. The van der Waals surface area contributed by atoms with Crippen LogP contribution in [0.5, 0.6) is 11.5 Å². The van der Waals surface area contributed by atoms with Crippen LogP contribution in [0.15, 0.2) is 40.4 Å². The first kappa shape index (κ1) is 23.0. The summed E-state index contributed by atoms with van der Waals surface area (Å²) >= 11 is 8.78. The van der Waals surface area contributed by atoms with E-state index < -0.39 is 11.8 Å². The standard InChI is InChI=1S/C23H23BrN2O4S/c1-12(2)30-20-17(24)10-15(11-19(20)29-5)9-16-21(27)25-23(31)26(22(16)28)18-7-6-13(3)8-14(18)4/h6-12H,1-5H3,(H,25,27,31)/b16-9+. The van der Waals surface area contributed by atoms with Gasteiger partial charge in [-0.15, -0.1) is 0 Å². The minimum absolute atomic E-state index is 0.0277. The first-order chi connectivity index (χ1) is 14.6. The summed E-state index contributed by atoms with van der Waals surface area (Å²) in [4.78, 5) is 27.2. The highest BCUT2D eigenvalue weighted by Crippen LogP contribution is 2.38. The van der Waals surface area contributed by atoms with Gasteiger partial charge in [-0.2, -0.15) is 0 Å². The van der Waals surface area contributed by atoms with E-state index in [1.54, 1.807) is 12.1 Å². The molecule has 1 saturated heterocycles. The number of nitrogens with zero attached hydrogens (tertiary/aromatic N) is 1. The van der Waals surface area contributed by atoms with Gasteiger partial charge in [0, 0.05) is 0 Å². The van der Waals surface area contributed by atoms with E-state index in [1.165, 1.54) is 18.1 Å². The van der Waals surface area contributed by atoms with Crippen LogP contribution < -0.4 is 19.7 Å². The van der Waals surface area contributed by atoms with Crippen molar-refractivity contribution in [2.45, 2.75) is 33.8 Å². The van der Waals surface area contributed by atoms with E-state index in [-0.39, 0.29) is 16.8 Å². The van der Waals surface area contributed by atoms with E-state index in [4.69, 9.17) is 21.7 Å². The first-order valence-corrected chi connectivity index (χ1v) is 10.9. The number of methoxy groups -OCH3 is 1. The molecular formula is C23H23BrN2O4S. The van der Waals surface area contributed by atoms with E-state index in [2.05, 4.69) is 21.2 Å². The molecule has 0 bridgehead atoms. The zero-order chi connectivity index (χ0) is 22.9. The molecule has 0 saturated carbocycles. The summed E-state index contributed by atoms with van der Waals surface area (Å²) < 4.78 is 11.9. The molecule has 162 valence electrons. The molecule has 0 spiro atoms. The quantitative estimate of drug-likeness (QED) is 0.364. The zero-order valence-corrected chi connectivity index (χ0v) is 20.3. The lowest BCUT2D eigenvalue weighted by atomic mass is 10.0. The highest BCUT2D eigenvalue weighted by Gasteiger charge is 2.35. The van der Waals surface area contributed by atoms with Gasteiger partial charge in [0.15, 0.2) is 16.6 Å². The highest BCUT2D eigenvalue weighted by atomic mass is 79.9. The number of carbonyl (C=O) groups excluding carboxylic acids is 2. The summed E-state index contributed by atoms with van der Waals surface area (Å²) in [5.41, 5.74) is 3.15. The van der Waals surface area contributed by atoms with Crippen molar-refractivity contribution in [1.82, 2.24) is 5.32 Å². The Kier molecular flexibility index (Phi) is 6.81. The van der Waals surface area contributed by atoms with Crippen LogP contribution in [0.3, 0.4) is 0 Å². The van der Waals surface area contributed by atoms with Crippen LogP contribution in [0, 0.1) is 13.8 Å². The van der Waals surface area contributed by atoms with Crippen molar-refractivity contribution in [3.05, 3.63) is 57.1 Å². The Labute approximate surface area is 195 Å². The molecule has 0 unspecified atom stereocenters. The molecule has 0 radical (unpaired) electrons. The highest BCUT2D eigenvalue weighted by molar-refractivity contribution is 9.10. The third-order valence-corrected chi connectivity index (χ3v) is 5.48. The number of thiocarbonyl (C=S) groups is 1. The Morgan fingerprint density at radius 1 is 1.16 bits per heavy atom. The van der Waals surface area contributed by atoms with Gasteiger partial charge in [0.2, 0.25) is 0 Å². The topological polar surface area (TPSA) is 67.9 Å². The maximum absolute atomic E-state index is 13.3. The van der Waals surface area contributed by atoms with E-state index >= 15 is 0 Å². The minimum atomic E-state index is -0.548. The summed E-state index contributed by atoms with van der Waals surface area (Å²) in [6.07, 6.45) is 1.47. The average Bonchev–Trinajstić information content (AvgIpc) is 2.68. The number of amides is 2. The Morgan fingerprint density at radius 2 is 1.87 bits per heavy atom. The molecule has 2 aromatic carbocycles.